The Morgan fingerprint density at radius 2 is 2.32 bits per heavy atom. The predicted octanol–water partition coefficient (Wildman–Crippen LogP) is -0.376. The highest BCUT2D eigenvalue weighted by molar-refractivity contribution is 5.35. The van der Waals surface area contributed by atoms with Crippen molar-refractivity contribution in [2.24, 2.45) is 0 Å². The van der Waals surface area contributed by atoms with Gasteiger partial charge in [-0.1, -0.05) is 0 Å². The summed E-state index contributed by atoms with van der Waals surface area (Å²) in [7, 11) is 0. The molecule has 3 rings (SSSR count). The molecule has 0 saturated carbocycles. The van der Waals surface area contributed by atoms with E-state index in [4.69, 9.17) is 10.5 Å². The van der Waals surface area contributed by atoms with Crippen LogP contribution in [0.5, 0.6) is 0 Å². The summed E-state index contributed by atoms with van der Waals surface area (Å²) >= 11 is 0. The first-order chi connectivity index (χ1) is 9.22. The highest BCUT2D eigenvalue weighted by atomic mass is 16.5. The van der Waals surface area contributed by atoms with E-state index in [2.05, 4.69) is 30.4 Å². The van der Waals surface area contributed by atoms with Crippen LogP contribution < -0.4 is 11.1 Å². The number of hydrogen-bond acceptors (Lipinski definition) is 8. The Kier molecular flexibility index (Phi) is 2.95. The molecule has 0 spiro atoms. The Balaban J connectivity index is 1.85. The fraction of sp³-hybridized carbons (Fsp3) is 0.500. The molecule has 0 aromatic carbocycles. The summed E-state index contributed by atoms with van der Waals surface area (Å²) < 4.78 is 6.91. The lowest BCUT2D eigenvalue weighted by atomic mass is 10.2. The van der Waals surface area contributed by atoms with Gasteiger partial charge in [0.15, 0.2) is 0 Å². The molecule has 0 amide bonds. The molecule has 0 bridgehead atoms. The summed E-state index contributed by atoms with van der Waals surface area (Å²) in [6, 6.07) is 0.172. The van der Waals surface area contributed by atoms with Gasteiger partial charge in [0.05, 0.1) is 12.1 Å². The van der Waals surface area contributed by atoms with Crippen LogP contribution in [0.2, 0.25) is 0 Å². The SMILES string of the molecule is CC1OCCC1Nc1nc(N)nc(-n2cncn2)n1. The average molecular weight is 262 g/mol. The molecule has 2 atom stereocenters. The maximum atomic E-state index is 5.68. The van der Waals surface area contributed by atoms with Gasteiger partial charge in [0.2, 0.25) is 11.9 Å². The van der Waals surface area contributed by atoms with Crippen LogP contribution in [0.3, 0.4) is 0 Å². The minimum atomic E-state index is 0.118. The molecule has 1 saturated heterocycles. The second-order valence-corrected chi connectivity index (χ2v) is 4.27. The summed E-state index contributed by atoms with van der Waals surface area (Å²) in [4.78, 5) is 16.2. The molecule has 3 N–H and O–H groups in total. The van der Waals surface area contributed by atoms with Gasteiger partial charge in [-0.3, -0.25) is 0 Å². The fourth-order valence-corrected chi connectivity index (χ4v) is 1.95. The topological polar surface area (TPSA) is 117 Å². The van der Waals surface area contributed by atoms with Crippen LogP contribution >= 0.6 is 0 Å². The average Bonchev–Trinajstić information content (AvgIpc) is 3.01. The molecular formula is C10H14N8O. The first kappa shape index (κ1) is 11.8. The van der Waals surface area contributed by atoms with Gasteiger partial charge in [-0.2, -0.15) is 24.7 Å². The third-order valence-electron chi connectivity index (χ3n) is 2.96. The molecule has 9 heteroatoms. The monoisotopic (exact) mass is 262 g/mol. The second kappa shape index (κ2) is 4.76. The Morgan fingerprint density at radius 1 is 1.42 bits per heavy atom. The van der Waals surface area contributed by atoms with Crippen molar-refractivity contribution in [3.05, 3.63) is 12.7 Å². The number of nitrogens with zero attached hydrogens (tertiary/aromatic N) is 6. The standard InChI is InChI=1S/C10H14N8O/c1-6-7(2-3-19-6)14-9-15-8(11)16-10(17-9)18-5-12-4-13-18/h4-7H,2-3H2,1H3,(H3,11,14,15,16,17). The maximum absolute atomic E-state index is 5.68. The Labute approximate surface area is 109 Å². The number of nitrogen functional groups attached to an aromatic ring is 1. The highest BCUT2D eigenvalue weighted by Gasteiger charge is 2.25. The lowest BCUT2D eigenvalue weighted by Gasteiger charge is -2.16. The van der Waals surface area contributed by atoms with Gasteiger partial charge in [-0.25, -0.2) is 4.98 Å². The molecule has 1 aliphatic heterocycles. The summed E-state index contributed by atoms with van der Waals surface area (Å²) in [6.07, 6.45) is 3.93. The first-order valence-corrected chi connectivity index (χ1v) is 5.97. The largest absolute Gasteiger partial charge is 0.376 e. The lowest BCUT2D eigenvalue weighted by molar-refractivity contribution is 0.121. The number of nitrogens with two attached hydrogens (primary N) is 1. The second-order valence-electron chi connectivity index (χ2n) is 4.27. The van der Waals surface area contributed by atoms with Crippen molar-refractivity contribution in [1.82, 2.24) is 29.7 Å². The van der Waals surface area contributed by atoms with Crippen molar-refractivity contribution in [2.75, 3.05) is 17.7 Å². The normalized spacial score (nSPS) is 22.6. The van der Waals surface area contributed by atoms with E-state index in [-0.39, 0.29) is 18.1 Å². The van der Waals surface area contributed by atoms with E-state index in [1.165, 1.54) is 17.3 Å². The molecule has 19 heavy (non-hydrogen) atoms. The van der Waals surface area contributed by atoms with Gasteiger partial charge < -0.3 is 15.8 Å². The molecule has 9 nitrogen and oxygen atoms in total. The summed E-state index contributed by atoms with van der Waals surface area (Å²) in [5, 5.41) is 7.17. The molecule has 100 valence electrons. The number of hydrogen-bond donors (Lipinski definition) is 2. The van der Waals surface area contributed by atoms with Gasteiger partial charge in [-0.05, 0) is 13.3 Å². The first-order valence-electron chi connectivity index (χ1n) is 5.97. The summed E-state index contributed by atoms with van der Waals surface area (Å²) in [6.45, 7) is 2.74. The van der Waals surface area contributed by atoms with Crippen molar-refractivity contribution in [1.29, 1.82) is 0 Å². The molecule has 1 fully saturated rings. The summed E-state index contributed by atoms with van der Waals surface area (Å²) in [5.74, 6) is 0.883. The number of aromatic nitrogens is 6. The van der Waals surface area contributed by atoms with Crippen LogP contribution in [-0.4, -0.2) is 48.5 Å². The molecule has 0 aliphatic carbocycles. The Hall–Kier alpha value is -2.29. The third kappa shape index (κ3) is 2.45. The summed E-state index contributed by atoms with van der Waals surface area (Å²) in [5.41, 5.74) is 5.68. The van der Waals surface area contributed by atoms with Crippen LogP contribution in [0.4, 0.5) is 11.9 Å². The number of nitrogens with one attached hydrogen (secondary N) is 1. The molecule has 2 aromatic heterocycles. The van der Waals surface area contributed by atoms with Gasteiger partial charge in [0, 0.05) is 6.61 Å². The van der Waals surface area contributed by atoms with Crippen LogP contribution in [0, 0.1) is 0 Å². The Morgan fingerprint density at radius 3 is 3.00 bits per heavy atom. The Bertz CT molecular complexity index is 557. The quantitative estimate of drug-likeness (QED) is 0.769. The maximum Gasteiger partial charge on any atom is 0.258 e. The van der Waals surface area contributed by atoms with Crippen LogP contribution in [0.1, 0.15) is 13.3 Å². The molecule has 1 aliphatic rings. The van der Waals surface area contributed by atoms with E-state index in [1.807, 2.05) is 6.92 Å². The fourth-order valence-electron chi connectivity index (χ4n) is 1.95. The van der Waals surface area contributed by atoms with Crippen molar-refractivity contribution >= 4 is 11.9 Å². The van der Waals surface area contributed by atoms with Gasteiger partial charge in [0.25, 0.3) is 5.95 Å². The van der Waals surface area contributed by atoms with Crippen molar-refractivity contribution in [2.45, 2.75) is 25.5 Å². The minimum absolute atomic E-state index is 0.118. The smallest absolute Gasteiger partial charge is 0.258 e. The van der Waals surface area contributed by atoms with E-state index >= 15 is 0 Å². The van der Waals surface area contributed by atoms with Crippen molar-refractivity contribution < 1.29 is 4.74 Å². The van der Waals surface area contributed by atoms with Gasteiger partial charge >= 0.3 is 0 Å². The van der Waals surface area contributed by atoms with Gasteiger partial charge in [-0.15, -0.1) is 0 Å². The lowest BCUT2D eigenvalue weighted by Crippen LogP contribution is -2.28. The van der Waals surface area contributed by atoms with Crippen molar-refractivity contribution in [3.8, 4) is 5.95 Å². The zero-order valence-electron chi connectivity index (χ0n) is 10.4. The third-order valence-corrected chi connectivity index (χ3v) is 2.96. The molecule has 2 aromatic rings. The zero-order chi connectivity index (χ0) is 13.2. The van der Waals surface area contributed by atoms with E-state index in [0.29, 0.717) is 11.9 Å². The molecule has 2 unspecified atom stereocenters. The van der Waals surface area contributed by atoms with Crippen LogP contribution in [0.15, 0.2) is 12.7 Å². The van der Waals surface area contributed by atoms with E-state index in [0.717, 1.165) is 13.0 Å². The zero-order valence-corrected chi connectivity index (χ0v) is 10.4. The minimum Gasteiger partial charge on any atom is -0.376 e. The number of rotatable bonds is 3. The number of anilines is 2. The highest BCUT2D eigenvalue weighted by Crippen LogP contribution is 2.17. The number of ether oxygens (including phenoxy) is 1. The van der Waals surface area contributed by atoms with E-state index < -0.39 is 0 Å². The predicted molar refractivity (Wildman–Crippen MR) is 66.6 cm³/mol. The van der Waals surface area contributed by atoms with E-state index in [9.17, 15) is 0 Å². The van der Waals surface area contributed by atoms with Gasteiger partial charge in [0.1, 0.15) is 12.7 Å². The molecule has 0 radical (unpaired) electrons. The van der Waals surface area contributed by atoms with Crippen LogP contribution in [-0.2, 0) is 4.74 Å². The molecular weight excluding hydrogens is 248 g/mol. The van der Waals surface area contributed by atoms with Crippen molar-refractivity contribution in [3.63, 3.8) is 0 Å². The van der Waals surface area contributed by atoms with E-state index in [1.54, 1.807) is 0 Å². The molecule has 3 heterocycles. The van der Waals surface area contributed by atoms with Crippen LogP contribution in [0.25, 0.3) is 5.95 Å².